The summed E-state index contributed by atoms with van der Waals surface area (Å²) in [5.74, 6) is -0.118. The Morgan fingerprint density at radius 1 is 1.50 bits per heavy atom. The highest BCUT2D eigenvalue weighted by Crippen LogP contribution is 2.24. The van der Waals surface area contributed by atoms with Gasteiger partial charge in [0, 0.05) is 20.1 Å². The molecule has 1 aromatic carbocycles. The van der Waals surface area contributed by atoms with Crippen molar-refractivity contribution in [2.24, 2.45) is 0 Å². The number of benzene rings is 1. The maximum atomic E-state index is 14.3. The topological polar surface area (TPSA) is 56.2 Å². The van der Waals surface area contributed by atoms with Crippen LogP contribution in [0.5, 0.6) is 0 Å². The van der Waals surface area contributed by atoms with Crippen molar-refractivity contribution in [3.63, 3.8) is 0 Å². The summed E-state index contributed by atoms with van der Waals surface area (Å²) in [4.78, 5) is 15.8. The maximum Gasteiger partial charge on any atom is 0.226 e. The minimum absolute atomic E-state index is 0.156. The van der Waals surface area contributed by atoms with Crippen LogP contribution in [0.3, 0.4) is 0 Å². The number of nitrogens with one attached hydrogen (secondary N) is 1. The van der Waals surface area contributed by atoms with E-state index in [1.54, 1.807) is 37.7 Å². The van der Waals surface area contributed by atoms with E-state index < -0.39 is 0 Å². The number of rotatable bonds is 5. The van der Waals surface area contributed by atoms with Gasteiger partial charge in [-0.1, -0.05) is 13.0 Å². The van der Waals surface area contributed by atoms with E-state index in [1.165, 1.54) is 0 Å². The second kappa shape index (κ2) is 6.00. The van der Waals surface area contributed by atoms with Crippen molar-refractivity contribution in [1.29, 1.82) is 0 Å². The van der Waals surface area contributed by atoms with Gasteiger partial charge in [0.1, 0.15) is 5.52 Å². The summed E-state index contributed by atoms with van der Waals surface area (Å²) in [5, 5.41) is 2.70. The van der Waals surface area contributed by atoms with Gasteiger partial charge in [-0.2, -0.15) is 0 Å². The number of hydrogen-bond donors (Lipinski definition) is 1. The van der Waals surface area contributed by atoms with Crippen LogP contribution >= 0.6 is 0 Å². The highest BCUT2D eigenvalue weighted by atomic mass is 19.1. The molecule has 0 aliphatic carbocycles. The molecule has 0 fully saturated rings. The lowest BCUT2D eigenvalue weighted by Crippen LogP contribution is -2.16. The third-order valence-corrected chi connectivity index (χ3v) is 3.13. The van der Waals surface area contributed by atoms with E-state index in [9.17, 15) is 9.18 Å². The molecule has 5 nitrogen and oxygen atoms in total. The molecule has 1 amide bonds. The van der Waals surface area contributed by atoms with Crippen LogP contribution in [0, 0.1) is 12.7 Å². The molecular weight excluding hydrogens is 261 g/mol. The van der Waals surface area contributed by atoms with E-state index in [1.807, 2.05) is 0 Å². The van der Waals surface area contributed by atoms with Gasteiger partial charge in [-0.25, -0.2) is 9.37 Å². The normalized spacial score (nSPS) is 11.0. The Kier molecular flexibility index (Phi) is 4.34. The quantitative estimate of drug-likeness (QED) is 0.914. The average Bonchev–Trinajstić information content (AvgIpc) is 2.78. The molecule has 1 N–H and O–H groups in total. The molecule has 0 saturated carbocycles. The number of amides is 1. The molecule has 0 atom stereocenters. The SMILES string of the molecule is CCC(=O)Nc1nc2ccc(C)c(F)c2n1CCOC. The van der Waals surface area contributed by atoms with Gasteiger partial charge >= 0.3 is 0 Å². The average molecular weight is 279 g/mol. The maximum absolute atomic E-state index is 14.3. The molecule has 0 bridgehead atoms. The smallest absolute Gasteiger partial charge is 0.226 e. The monoisotopic (exact) mass is 279 g/mol. The molecule has 0 saturated heterocycles. The van der Waals surface area contributed by atoms with Crippen LogP contribution in [-0.4, -0.2) is 29.2 Å². The van der Waals surface area contributed by atoms with Gasteiger partial charge in [-0.3, -0.25) is 10.1 Å². The van der Waals surface area contributed by atoms with E-state index in [0.717, 1.165) is 0 Å². The van der Waals surface area contributed by atoms with E-state index >= 15 is 0 Å². The van der Waals surface area contributed by atoms with Crippen molar-refractivity contribution in [1.82, 2.24) is 9.55 Å². The molecule has 1 heterocycles. The first-order valence-corrected chi connectivity index (χ1v) is 6.52. The Balaban J connectivity index is 2.55. The number of aromatic nitrogens is 2. The van der Waals surface area contributed by atoms with E-state index in [4.69, 9.17) is 4.74 Å². The molecular formula is C14H18FN3O2. The first-order chi connectivity index (χ1) is 9.58. The fourth-order valence-electron chi connectivity index (χ4n) is 1.99. The lowest BCUT2D eigenvalue weighted by Gasteiger charge is -2.09. The van der Waals surface area contributed by atoms with Gasteiger partial charge in [0.15, 0.2) is 5.82 Å². The zero-order valence-corrected chi connectivity index (χ0v) is 11.9. The third-order valence-electron chi connectivity index (χ3n) is 3.13. The van der Waals surface area contributed by atoms with E-state index in [-0.39, 0.29) is 11.7 Å². The molecule has 0 spiro atoms. The second-order valence-corrected chi connectivity index (χ2v) is 4.55. The molecule has 2 aromatic rings. The predicted octanol–water partition coefficient (Wildman–Crippen LogP) is 2.48. The molecule has 2 rings (SSSR count). The number of carbonyl (C=O) groups is 1. The van der Waals surface area contributed by atoms with Crippen molar-refractivity contribution in [2.75, 3.05) is 19.0 Å². The fraction of sp³-hybridized carbons (Fsp3) is 0.429. The minimum atomic E-state index is -0.317. The van der Waals surface area contributed by atoms with Crippen molar-refractivity contribution in [3.8, 4) is 0 Å². The zero-order chi connectivity index (χ0) is 14.7. The Labute approximate surface area is 116 Å². The number of fused-ring (bicyclic) bond motifs is 1. The number of halogens is 1. The Hall–Kier alpha value is -1.95. The Morgan fingerprint density at radius 3 is 2.90 bits per heavy atom. The Morgan fingerprint density at radius 2 is 2.25 bits per heavy atom. The van der Waals surface area contributed by atoms with Gasteiger partial charge in [-0.05, 0) is 18.6 Å². The van der Waals surface area contributed by atoms with Gasteiger partial charge < -0.3 is 9.30 Å². The second-order valence-electron chi connectivity index (χ2n) is 4.55. The summed E-state index contributed by atoms with van der Waals surface area (Å²) in [5.41, 5.74) is 1.47. The summed E-state index contributed by atoms with van der Waals surface area (Å²) in [7, 11) is 1.57. The Bertz CT molecular complexity index is 637. The number of nitrogens with zero attached hydrogens (tertiary/aromatic N) is 2. The number of methoxy groups -OCH3 is 1. The summed E-state index contributed by atoms with van der Waals surface area (Å²) >= 11 is 0. The van der Waals surface area contributed by atoms with Gasteiger partial charge in [0.25, 0.3) is 0 Å². The lowest BCUT2D eigenvalue weighted by atomic mass is 10.2. The summed E-state index contributed by atoms with van der Waals surface area (Å²) in [6.07, 6.45) is 0.342. The predicted molar refractivity (Wildman–Crippen MR) is 75.2 cm³/mol. The third kappa shape index (κ3) is 2.65. The molecule has 108 valence electrons. The molecule has 20 heavy (non-hydrogen) atoms. The molecule has 1 aromatic heterocycles. The summed E-state index contributed by atoms with van der Waals surface area (Å²) < 4.78 is 21.0. The van der Waals surface area contributed by atoms with Crippen LogP contribution in [0.25, 0.3) is 11.0 Å². The van der Waals surface area contributed by atoms with Crippen LogP contribution in [0.4, 0.5) is 10.3 Å². The standard InChI is InChI=1S/C14H18FN3O2/c1-4-11(19)17-14-16-10-6-5-9(2)12(15)13(10)18(14)7-8-20-3/h5-6H,4,7-8H2,1-3H3,(H,16,17,19). The fourth-order valence-corrected chi connectivity index (χ4v) is 1.99. The first-order valence-electron chi connectivity index (χ1n) is 6.52. The van der Waals surface area contributed by atoms with Crippen LogP contribution < -0.4 is 5.32 Å². The highest BCUT2D eigenvalue weighted by Gasteiger charge is 2.16. The molecule has 6 heteroatoms. The van der Waals surface area contributed by atoms with Crippen molar-refractivity contribution >= 4 is 22.9 Å². The van der Waals surface area contributed by atoms with Crippen LogP contribution in [-0.2, 0) is 16.1 Å². The van der Waals surface area contributed by atoms with E-state index in [2.05, 4.69) is 10.3 Å². The number of carbonyl (C=O) groups excluding carboxylic acids is 1. The van der Waals surface area contributed by atoms with Crippen LogP contribution in [0.2, 0.25) is 0 Å². The van der Waals surface area contributed by atoms with Crippen molar-refractivity contribution < 1.29 is 13.9 Å². The minimum Gasteiger partial charge on any atom is -0.383 e. The first kappa shape index (κ1) is 14.5. The van der Waals surface area contributed by atoms with Crippen molar-refractivity contribution in [3.05, 3.63) is 23.5 Å². The number of aryl methyl sites for hydroxylation is 1. The number of anilines is 1. The lowest BCUT2D eigenvalue weighted by molar-refractivity contribution is -0.115. The van der Waals surface area contributed by atoms with Crippen LogP contribution in [0.15, 0.2) is 12.1 Å². The molecule has 0 aliphatic heterocycles. The van der Waals surface area contributed by atoms with Gasteiger partial charge in [-0.15, -0.1) is 0 Å². The van der Waals surface area contributed by atoms with Gasteiger partial charge in [0.2, 0.25) is 11.9 Å². The number of hydrogen-bond acceptors (Lipinski definition) is 3. The highest BCUT2D eigenvalue weighted by molar-refractivity contribution is 5.91. The molecule has 0 unspecified atom stereocenters. The van der Waals surface area contributed by atoms with Gasteiger partial charge in [0.05, 0.1) is 12.1 Å². The zero-order valence-electron chi connectivity index (χ0n) is 11.9. The molecule has 0 aliphatic rings. The largest absolute Gasteiger partial charge is 0.383 e. The van der Waals surface area contributed by atoms with E-state index in [0.29, 0.717) is 42.1 Å². The summed E-state index contributed by atoms with van der Waals surface area (Å²) in [6, 6.07) is 3.43. The summed E-state index contributed by atoms with van der Waals surface area (Å²) in [6.45, 7) is 4.29. The molecule has 0 radical (unpaired) electrons. The van der Waals surface area contributed by atoms with Crippen LogP contribution in [0.1, 0.15) is 18.9 Å². The van der Waals surface area contributed by atoms with Crippen molar-refractivity contribution in [2.45, 2.75) is 26.8 Å². The number of imidazole rings is 1. The number of ether oxygens (including phenoxy) is 1.